The van der Waals surface area contributed by atoms with Crippen LogP contribution in [0.2, 0.25) is 0 Å². The van der Waals surface area contributed by atoms with Crippen LogP contribution in [-0.2, 0) is 0 Å². The van der Waals surface area contributed by atoms with Gasteiger partial charge in [-0.25, -0.2) is 0 Å². The molecule has 0 saturated heterocycles. The van der Waals surface area contributed by atoms with Crippen LogP contribution in [0.3, 0.4) is 0 Å². The molecule has 0 unspecified atom stereocenters. The minimum atomic E-state index is -0.0509. The van der Waals surface area contributed by atoms with Crippen LogP contribution in [0.15, 0.2) is 40.9 Å². The summed E-state index contributed by atoms with van der Waals surface area (Å²) in [4.78, 5) is 13.6. The summed E-state index contributed by atoms with van der Waals surface area (Å²) < 4.78 is 1.05. The monoisotopic (exact) mass is 347 g/mol. The molecule has 0 aliphatic heterocycles. The number of carbonyl (C=O) groups excluding carboxylic acids is 1. The molecule has 0 heterocycles. The Bertz CT molecular complexity index is 683. The number of carbonyl (C=O) groups is 1. The van der Waals surface area contributed by atoms with Gasteiger partial charge >= 0.3 is 0 Å². The summed E-state index contributed by atoms with van der Waals surface area (Å²) in [6.45, 7) is 2.02. The third kappa shape index (κ3) is 3.55. The van der Waals surface area contributed by atoms with Crippen LogP contribution in [0.1, 0.15) is 15.9 Å². The average Bonchev–Trinajstić information content (AvgIpc) is 2.44. The van der Waals surface area contributed by atoms with Crippen molar-refractivity contribution < 1.29 is 4.79 Å². The molecule has 0 aliphatic rings. The van der Waals surface area contributed by atoms with E-state index < -0.39 is 0 Å². The van der Waals surface area contributed by atoms with Gasteiger partial charge in [-0.3, -0.25) is 4.79 Å². The molecular formula is C16H18BrN3O. The van der Waals surface area contributed by atoms with E-state index in [-0.39, 0.29) is 5.91 Å². The maximum Gasteiger partial charge on any atom is 0.253 e. The van der Waals surface area contributed by atoms with Gasteiger partial charge in [0.1, 0.15) is 0 Å². The second-order valence-electron chi connectivity index (χ2n) is 5.09. The Morgan fingerprint density at radius 2 is 1.90 bits per heavy atom. The highest BCUT2D eigenvalue weighted by atomic mass is 79.9. The van der Waals surface area contributed by atoms with Gasteiger partial charge in [0.2, 0.25) is 0 Å². The number of amides is 1. The fourth-order valence-corrected chi connectivity index (χ4v) is 2.18. The van der Waals surface area contributed by atoms with Crippen molar-refractivity contribution in [1.82, 2.24) is 4.90 Å². The van der Waals surface area contributed by atoms with Gasteiger partial charge < -0.3 is 16.0 Å². The summed E-state index contributed by atoms with van der Waals surface area (Å²) in [6.07, 6.45) is 0. The molecular weight excluding hydrogens is 330 g/mol. The second-order valence-corrected chi connectivity index (χ2v) is 5.94. The number of benzene rings is 2. The molecule has 0 aliphatic carbocycles. The fraction of sp³-hybridized carbons (Fsp3) is 0.188. The zero-order valence-corrected chi connectivity index (χ0v) is 13.9. The van der Waals surface area contributed by atoms with Crippen molar-refractivity contribution in [2.45, 2.75) is 6.92 Å². The van der Waals surface area contributed by atoms with E-state index in [4.69, 9.17) is 5.73 Å². The Morgan fingerprint density at radius 1 is 1.19 bits per heavy atom. The number of aryl methyl sites for hydroxylation is 1. The summed E-state index contributed by atoms with van der Waals surface area (Å²) in [5.74, 6) is -0.0509. The smallest absolute Gasteiger partial charge is 0.253 e. The number of nitrogens with one attached hydrogen (secondary N) is 1. The van der Waals surface area contributed by atoms with Crippen molar-refractivity contribution in [3.8, 4) is 0 Å². The zero-order chi connectivity index (χ0) is 15.6. The molecule has 2 aromatic rings. The quantitative estimate of drug-likeness (QED) is 0.830. The van der Waals surface area contributed by atoms with E-state index in [1.54, 1.807) is 37.2 Å². The van der Waals surface area contributed by atoms with Gasteiger partial charge in [0.15, 0.2) is 0 Å². The lowest BCUT2D eigenvalue weighted by Gasteiger charge is -2.14. The topological polar surface area (TPSA) is 58.4 Å². The highest BCUT2D eigenvalue weighted by Crippen LogP contribution is 2.27. The molecule has 4 nitrogen and oxygen atoms in total. The summed E-state index contributed by atoms with van der Waals surface area (Å²) in [6, 6.07) is 11.2. The van der Waals surface area contributed by atoms with Gasteiger partial charge in [-0.1, -0.05) is 15.9 Å². The van der Waals surface area contributed by atoms with E-state index in [1.807, 2.05) is 25.1 Å². The molecule has 0 fully saturated rings. The predicted molar refractivity (Wildman–Crippen MR) is 91.0 cm³/mol. The number of anilines is 3. The molecule has 5 heteroatoms. The lowest BCUT2D eigenvalue weighted by atomic mass is 10.1. The van der Waals surface area contributed by atoms with Crippen molar-refractivity contribution in [3.63, 3.8) is 0 Å². The number of halogens is 1. The van der Waals surface area contributed by atoms with E-state index in [0.29, 0.717) is 11.3 Å². The Kier molecular flexibility index (Phi) is 4.53. The van der Waals surface area contributed by atoms with Crippen LogP contribution < -0.4 is 11.1 Å². The van der Waals surface area contributed by atoms with E-state index in [9.17, 15) is 4.79 Å². The summed E-state index contributed by atoms with van der Waals surface area (Å²) in [7, 11) is 3.45. The van der Waals surface area contributed by atoms with E-state index >= 15 is 0 Å². The first-order valence-corrected chi connectivity index (χ1v) is 7.32. The highest BCUT2D eigenvalue weighted by Gasteiger charge is 2.10. The van der Waals surface area contributed by atoms with Gasteiger partial charge in [0.05, 0.1) is 11.4 Å². The second kappa shape index (κ2) is 6.18. The highest BCUT2D eigenvalue weighted by molar-refractivity contribution is 9.10. The van der Waals surface area contributed by atoms with Crippen LogP contribution >= 0.6 is 15.9 Å². The largest absolute Gasteiger partial charge is 0.397 e. The van der Waals surface area contributed by atoms with Crippen LogP contribution in [0.25, 0.3) is 0 Å². The van der Waals surface area contributed by atoms with Gasteiger partial charge in [-0.2, -0.15) is 0 Å². The number of nitrogens with two attached hydrogens (primary N) is 1. The molecule has 0 spiro atoms. The van der Waals surface area contributed by atoms with Gasteiger partial charge in [-0.15, -0.1) is 0 Å². The van der Waals surface area contributed by atoms with Crippen LogP contribution in [0.5, 0.6) is 0 Å². The molecule has 2 rings (SSSR count). The van der Waals surface area contributed by atoms with Crippen LogP contribution in [-0.4, -0.2) is 24.9 Å². The van der Waals surface area contributed by atoms with E-state index in [2.05, 4.69) is 21.2 Å². The predicted octanol–water partition coefficient (Wildman–Crippen LogP) is 3.79. The Hall–Kier alpha value is -2.01. The first-order chi connectivity index (χ1) is 9.88. The number of hydrogen-bond acceptors (Lipinski definition) is 3. The average molecular weight is 348 g/mol. The summed E-state index contributed by atoms with van der Waals surface area (Å²) >= 11 is 3.47. The van der Waals surface area contributed by atoms with Crippen molar-refractivity contribution >= 4 is 38.9 Å². The molecule has 2 aromatic carbocycles. The summed E-state index contributed by atoms with van der Waals surface area (Å²) in [5.41, 5.74) is 9.97. The first kappa shape index (κ1) is 15.4. The molecule has 21 heavy (non-hydrogen) atoms. The van der Waals surface area contributed by atoms with Crippen molar-refractivity contribution in [1.29, 1.82) is 0 Å². The van der Waals surface area contributed by atoms with Gasteiger partial charge in [-0.05, 0) is 48.9 Å². The Morgan fingerprint density at radius 3 is 2.52 bits per heavy atom. The van der Waals surface area contributed by atoms with E-state index in [1.165, 1.54) is 0 Å². The molecule has 0 atom stereocenters. The third-order valence-electron chi connectivity index (χ3n) is 3.14. The van der Waals surface area contributed by atoms with E-state index in [0.717, 1.165) is 21.4 Å². The lowest BCUT2D eigenvalue weighted by molar-refractivity contribution is 0.0827. The summed E-state index contributed by atoms with van der Waals surface area (Å²) in [5, 5.41) is 3.26. The molecule has 0 bridgehead atoms. The molecule has 0 radical (unpaired) electrons. The van der Waals surface area contributed by atoms with Crippen LogP contribution in [0.4, 0.5) is 17.1 Å². The minimum Gasteiger partial charge on any atom is -0.397 e. The number of nitrogens with zero attached hydrogens (tertiary/aromatic N) is 1. The normalized spacial score (nSPS) is 10.3. The molecule has 0 saturated carbocycles. The SMILES string of the molecule is Cc1cc(Nc2cc(C(=O)N(C)C)ccc2N)ccc1Br. The lowest BCUT2D eigenvalue weighted by Crippen LogP contribution is -2.21. The Balaban J connectivity index is 2.32. The third-order valence-corrected chi connectivity index (χ3v) is 4.03. The molecule has 3 N–H and O–H groups in total. The maximum absolute atomic E-state index is 12.0. The van der Waals surface area contributed by atoms with Crippen molar-refractivity contribution in [2.75, 3.05) is 25.1 Å². The maximum atomic E-state index is 12.0. The fourth-order valence-electron chi connectivity index (χ4n) is 1.93. The molecule has 1 amide bonds. The first-order valence-electron chi connectivity index (χ1n) is 6.53. The minimum absolute atomic E-state index is 0.0509. The molecule has 0 aromatic heterocycles. The van der Waals surface area contributed by atoms with Gasteiger partial charge in [0.25, 0.3) is 5.91 Å². The Labute approximate surface area is 133 Å². The van der Waals surface area contributed by atoms with Crippen molar-refractivity contribution in [3.05, 3.63) is 52.0 Å². The number of hydrogen-bond donors (Lipinski definition) is 2. The van der Waals surface area contributed by atoms with Gasteiger partial charge in [0, 0.05) is 29.8 Å². The number of nitrogen functional groups attached to an aromatic ring is 1. The number of rotatable bonds is 3. The van der Waals surface area contributed by atoms with Crippen molar-refractivity contribution in [2.24, 2.45) is 0 Å². The zero-order valence-electron chi connectivity index (χ0n) is 12.3. The standard InChI is InChI=1S/C16H18BrN3O/c1-10-8-12(5-6-13(10)17)19-15-9-11(4-7-14(15)18)16(21)20(2)3/h4-9,19H,18H2,1-3H3. The van der Waals surface area contributed by atoms with Crippen LogP contribution in [0, 0.1) is 6.92 Å². The molecule has 110 valence electrons.